The smallest absolute Gasteiger partial charge is 0.425 e. The minimum Gasteiger partial charge on any atom is -0.425 e. The lowest BCUT2D eigenvalue weighted by Crippen LogP contribution is -3.18. The fourth-order valence-corrected chi connectivity index (χ4v) is 4.54. The van der Waals surface area contributed by atoms with Crippen LogP contribution in [0.5, 0.6) is 0 Å². The second-order valence-corrected chi connectivity index (χ2v) is 9.58. The molecule has 0 aromatic heterocycles. The number of halogens is 10. The van der Waals surface area contributed by atoms with Crippen LogP contribution in [0.25, 0.3) is 4.13 Å². The Balaban J connectivity index is 0.000000743. The van der Waals surface area contributed by atoms with Crippen molar-refractivity contribution in [2.45, 2.75) is 49.7 Å². The van der Waals surface area contributed by atoms with Gasteiger partial charge in [0.1, 0.15) is 6.04 Å². The van der Waals surface area contributed by atoms with E-state index < -0.39 is 42.9 Å². The molecule has 0 aromatic carbocycles. The number of quaternary nitrogens is 1. The van der Waals surface area contributed by atoms with Crippen LogP contribution in [-0.2, 0) is 20.0 Å². The van der Waals surface area contributed by atoms with Gasteiger partial charge in [-0.15, -0.1) is 0 Å². The van der Waals surface area contributed by atoms with E-state index in [9.17, 15) is 60.7 Å². The monoisotopic (exact) mass is 521 g/mol. The zero-order chi connectivity index (χ0) is 25.4. The SMILES string of the molecule is CC[NH+]1C(C)C=C(C)N1C.O=S(=O)([N-]S(=O)(=O)C(F)(F)C(F)(F)F)C(F)(F)C(F)(F)F. The van der Waals surface area contributed by atoms with Crippen LogP contribution < -0.4 is 5.01 Å². The lowest BCUT2D eigenvalue weighted by atomic mass is 10.3. The molecule has 0 radical (unpaired) electrons. The van der Waals surface area contributed by atoms with Gasteiger partial charge in [-0.25, -0.2) is 26.9 Å². The summed E-state index contributed by atoms with van der Waals surface area (Å²) in [7, 11) is -13.1. The highest BCUT2D eigenvalue weighted by Gasteiger charge is 2.68. The molecule has 2 unspecified atom stereocenters. The number of nitrogens with one attached hydrogen (secondary N) is 1. The molecule has 31 heavy (non-hydrogen) atoms. The van der Waals surface area contributed by atoms with Crippen molar-refractivity contribution in [3.63, 3.8) is 0 Å². The number of sulfonamides is 2. The summed E-state index contributed by atoms with van der Waals surface area (Å²) in [5.74, 6) is 0. The molecule has 1 rings (SSSR count). The molecular formula is C12H17F10N3O4S2. The number of alkyl halides is 10. The molecule has 0 saturated heterocycles. The third-order valence-electron chi connectivity index (χ3n) is 3.84. The van der Waals surface area contributed by atoms with Crippen LogP contribution in [0.4, 0.5) is 43.9 Å². The standard InChI is InChI=1S/C8H16N2.C4F10NO4S2/c1-5-10-8(3)6-7(2)9(10)4;5-1(6,7)3(11,12)20(16,17)15-21(18,19)4(13,14)2(8,9)10/h6,8H,5H2,1-4H3;/q;-1/p+1. The summed E-state index contributed by atoms with van der Waals surface area (Å²) in [6.45, 7) is 7.81. The Morgan fingerprint density at radius 3 is 1.39 bits per heavy atom. The molecule has 19 heteroatoms. The van der Waals surface area contributed by atoms with Gasteiger partial charge < -0.3 is 4.13 Å². The van der Waals surface area contributed by atoms with Gasteiger partial charge in [0.05, 0.1) is 19.3 Å². The van der Waals surface area contributed by atoms with E-state index in [1.165, 1.54) is 17.3 Å². The largest absolute Gasteiger partial charge is 0.467 e. The summed E-state index contributed by atoms with van der Waals surface area (Å²) in [5, 5.41) is -10.1. The lowest BCUT2D eigenvalue weighted by Gasteiger charge is -2.31. The third kappa shape index (κ3) is 5.92. The summed E-state index contributed by atoms with van der Waals surface area (Å²) in [6.07, 6.45) is -11.7. The van der Waals surface area contributed by atoms with E-state index in [0.29, 0.717) is 10.2 Å². The average molecular weight is 521 g/mol. The van der Waals surface area contributed by atoms with Crippen molar-refractivity contribution < 1.29 is 65.7 Å². The number of hydrogen-bond acceptors (Lipinski definition) is 5. The highest BCUT2D eigenvalue weighted by atomic mass is 32.3. The summed E-state index contributed by atoms with van der Waals surface area (Å²) in [5.41, 5.74) is 1.39. The van der Waals surface area contributed by atoms with E-state index in [0.717, 1.165) is 0 Å². The topological polar surface area (TPSA) is 90.1 Å². The van der Waals surface area contributed by atoms with Crippen LogP contribution in [0.2, 0.25) is 0 Å². The van der Waals surface area contributed by atoms with Crippen molar-refractivity contribution in [1.82, 2.24) is 5.01 Å². The maximum absolute atomic E-state index is 12.3. The van der Waals surface area contributed by atoms with Gasteiger partial charge in [0.15, 0.2) is 20.0 Å². The predicted molar refractivity (Wildman–Crippen MR) is 85.7 cm³/mol. The quantitative estimate of drug-likeness (QED) is 0.562. The molecule has 1 N–H and O–H groups in total. The Morgan fingerprint density at radius 1 is 0.903 bits per heavy atom. The van der Waals surface area contributed by atoms with Crippen LogP contribution in [-0.4, -0.2) is 64.3 Å². The van der Waals surface area contributed by atoms with Crippen LogP contribution >= 0.6 is 0 Å². The van der Waals surface area contributed by atoms with Crippen LogP contribution in [0.1, 0.15) is 20.8 Å². The van der Waals surface area contributed by atoms with E-state index in [1.807, 2.05) is 0 Å². The van der Waals surface area contributed by atoms with Gasteiger partial charge in [-0.1, -0.05) is 0 Å². The first kappa shape index (κ1) is 29.7. The molecule has 2 atom stereocenters. The summed E-state index contributed by atoms with van der Waals surface area (Å²) < 4.78 is 161. The highest BCUT2D eigenvalue weighted by Crippen LogP contribution is 2.47. The van der Waals surface area contributed by atoms with Crippen molar-refractivity contribution in [2.24, 2.45) is 0 Å². The number of nitrogens with zero attached hydrogens (tertiary/aromatic N) is 2. The number of hydrogen-bond donors (Lipinski definition) is 1. The summed E-state index contributed by atoms with van der Waals surface area (Å²) in [6, 6.07) is 0.662. The first-order valence-corrected chi connectivity index (χ1v) is 10.7. The van der Waals surface area contributed by atoms with Gasteiger partial charge in [-0.2, -0.15) is 43.9 Å². The molecule has 0 saturated carbocycles. The lowest BCUT2D eigenvalue weighted by molar-refractivity contribution is -1.01. The van der Waals surface area contributed by atoms with E-state index >= 15 is 0 Å². The van der Waals surface area contributed by atoms with E-state index in [4.69, 9.17) is 0 Å². The van der Waals surface area contributed by atoms with Gasteiger partial charge in [-0.05, 0) is 26.8 Å². The van der Waals surface area contributed by atoms with Crippen LogP contribution in [0.15, 0.2) is 11.8 Å². The molecule has 0 aromatic rings. The normalized spacial score (nSPS) is 21.5. The summed E-state index contributed by atoms with van der Waals surface area (Å²) in [4.78, 5) is 0. The molecule has 1 aliphatic rings. The average Bonchev–Trinajstić information content (AvgIpc) is 2.76. The van der Waals surface area contributed by atoms with E-state index in [1.54, 1.807) is 0 Å². The zero-order valence-corrected chi connectivity index (χ0v) is 17.6. The van der Waals surface area contributed by atoms with Gasteiger partial charge in [0, 0.05) is 0 Å². The first-order chi connectivity index (χ1) is 13.4. The Hall–Kier alpha value is -1.34. The van der Waals surface area contributed by atoms with Crippen molar-refractivity contribution >= 4 is 20.0 Å². The van der Waals surface area contributed by atoms with Crippen LogP contribution in [0.3, 0.4) is 0 Å². The predicted octanol–water partition coefficient (Wildman–Crippen LogP) is 2.37. The molecule has 1 heterocycles. The minimum atomic E-state index is -7.62. The maximum atomic E-state index is 12.3. The minimum absolute atomic E-state index is 0.422. The Kier molecular flexibility index (Phi) is 8.51. The molecule has 0 fully saturated rings. The number of rotatable bonds is 5. The molecular weight excluding hydrogens is 504 g/mol. The Morgan fingerprint density at radius 2 is 1.23 bits per heavy atom. The van der Waals surface area contributed by atoms with Gasteiger partial charge >= 0.3 is 22.9 Å². The molecule has 7 nitrogen and oxygen atoms in total. The van der Waals surface area contributed by atoms with Gasteiger partial charge in [0.2, 0.25) is 0 Å². The number of allylic oxidation sites excluding steroid dienone is 1. The highest BCUT2D eigenvalue weighted by molar-refractivity contribution is 8.13. The van der Waals surface area contributed by atoms with Gasteiger partial charge in [0.25, 0.3) is 0 Å². The Bertz CT molecular complexity index is 827. The fraction of sp³-hybridized carbons (Fsp3) is 0.833. The molecule has 0 aliphatic carbocycles. The molecule has 1 aliphatic heterocycles. The first-order valence-electron chi connectivity index (χ1n) is 7.77. The van der Waals surface area contributed by atoms with Crippen molar-refractivity contribution in [3.05, 3.63) is 15.9 Å². The van der Waals surface area contributed by atoms with E-state index in [-0.39, 0.29) is 0 Å². The number of likely N-dealkylation sites (N-methyl/N-ethyl adjacent to an activating group) is 1. The molecule has 0 bridgehead atoms. The second kappa shape index (κ2) is 8.89. The molecule has 0 amide bonds. The van der Waals surface area contributed by atoms with Gasteiger partial charge in [-0.3, -0.25) is 0 Å². The third-order valence-corrected chi connectivity index (χ3v) is 7.17. The van der Waals surface area contributed by atoms with Crippen molar-refractivity contribution in [3.8, 4) is 0 Å². The maximum Gasteiger partial charge on any atom is 0.467 e. The van der Waals surface area contributed by atoms with Crippen molar-refractivity contribution in [2.75, 3.05) is 13.6 Å². The molecule has 186 valence electrons. The fourth-order valence-electron chi connectivity index (χ4n) is 2.18. The second-order valence-electron chi connectivity index (χ2n) is 6.05. The van der Waals surface area contributed by atoms with Crippen molar-refractivity contribution in [1.29, 1.82) is 0 Å². The summed E-state index contributed by atoms with van der Waals surface area (Å²) >= 11 is 0. The zero-order valence-electron chi connectivity index (χ0n) is 16.0. The molecule has 0 spiro atoms. The van der Waals surface area contributed by atoms with Crippen LogP contribution in [0, 0.1) is 0 Å². The van der Waals surface area contributed by atoms with E-state index in [2.05, 4.69) is 38.9 Å². The Labute approximate surface area is 170 Å².